The van der Waals surface area contributed by atoms with Gasteiger partial charge in [-0.1, -0.05) is 45.9 Å². The molecular weight excluding hydrogens is 458 g/mol. The van der Waals surface area contributed by atoms with Crippen LogP contribution in [0.5, 0.6) is 5.75 Å². The van der Waals surface area contributed by atoms with Crippen molar-refractivity contribution in [3.63, 3.8) is 0 Å². The first-order valence-electron chi connectivity index (χ1n) is 9.77. The van der Waals surface area contributed by atoms with Crippen molar-refractivity contribution in [2.75, 3.05) is 26.4 Å². The Morgan fingerprint density at radius 3 is 1.85 bits per heavy atom. The van der Waals surface area contributed by atoms with Crippen LogP contribution in [0.1, 0.15) is 29.1 Å². The highest BCUT2D eigenvalue weighted by Gasteiger charge is 2.11. The molecule has 1 N–H and O–H groups in total. The highest BCUT2D eigenvalue weighted by molar-refractivity contribution is 8.12. The van der Waals surface area contributed by atoms with Crippen molar-refractivity contribution >= 4 is 41.1 Å². The first-order valence-corrected chi connectivity index (χ1v) is 11.0. The van der Waals surface area contributed by atoms with E-state index in [1.165, 1.54) is 0 Å². The summed E-state index contributed by atoms with van der Waals surface area (Å²) in [5.74, 6) is -1.62. The zero-order valence-corrected chi connectivity index (χ0v) is 20.0. The Kier molecular flexibility index (Phi) is 15.6. The molecule has 12 heteroatoms. The van der Waals surface area contributed by atoms with Gasteiger partial charge in [0.05, 0.1) is 11.8 Å². The lowest BCUT2D eigenvalue weighted by Gasteiger charge is -2.09. The molecule has 0 radical (unpaired) electrons. The number of rotatable bonds is 9. The van der Waals surface area contributed by atoms with Crippen LogP contribution in [0.15, 0.2) is 30.3 Å². The van der Waals surface area contributed by atoms with E-state index >= 15 is 0 Å². The van der Waals surface area contributed by atoms with Gasteiger partial charge < -0.3 is 29.0 Å². The fourth-order valence-electron chi connectivity index (χ4n) is 1.52. The number of para-hydroxylation sites is 1. The van der Waals surface area contributed by atoms with E-state index in [2.05, 4.69) is 24.3 Å². The van der Waals surface area contributed by atoms with Gasteiger partial charge in [0.15, 0.2) is 0 Å². The summed E-state index contributed by atoms with van der Waals surface area (Å²) in [6.45, 7) is 5.57. The van der Waals surface area contributed by atoms with Gasteiger partial charge in [0.25, 0.3) is 0 Å². The number of hydrogen-bond acceptors (Lipinski definition) is 11. The van der Waals surface area contributed by atoms with E-state index < -0.39 is 30.1 Å². The molecule has 33 heavy (non-hydrogen) atoms. The number of esters is 3. The number of benzene rings is 1. The van der Waals surface area contributed by atoms with Crippen LogP contribution in [0, 0.1) is 11.8 Å². The van der Waals surface area contributed by atoms with Crippen molar-refractivity contribution < 1.29 is 49.1 Å². The first kappa shape index (κ1) is 29.7. The Balaban J connectivity index is 0. The van der Waals surface area contributed by atoms with Gasteiger partial charge in [0, 0.05) is 1.43 Å². The summed E-state index contributed by atoms with van der Waals surface area (Å²) in [6, 6.07) is 8.44. The molecule has 0 heterocycles. The summed E-state index contributed by atoms with van der Waals surface area (Å²) in [6.07, 6.45) is 0.712. The third kappa shape index (κ3) is 16.1. The topological polar surface area (TPSA) is 144 Å². The number of alkyl carbamates (subject to hydrolysis) is 1. The van der Waals surface area contributed by atoms with Crippen molar-refractivity contribution in [1.82, 2.24) is 5.32 Å². The largest absolute Gasteiger partial charge is 0.428 e. The molecule has 0 saturated carbocycles. The molecule has 11 nitrogen and oxygen atoms in total. The maximum absolute atomic E-state index is 11.4. The molecule has 1 amide bonds. The summed E-state index contributed by atoms with van der Waals surface area (Å²) >= 11 is 0.932. The number of ether oxygens (including phenoxy) is 5. The second-order valence-electron chi connectivity index (χ2n) is 6.64. The fraction of sp³-hybridized carbons (Fsp3) is 0.476. The van der Waals surface area contributed by atoms with E-state index in [0.29, 0.717) is 5.75 Å². The Labute approximate surface area is 197 Å². The van der Waals surface area contributed by atoms with Crippen LogP contribution in [0.3, 0.4) is 0 Å². The fourth-order valence-corrected chi connectivity index (χ4v) is 1.69. The zero-order chi connectivity index (χ0) is 25.2. The van der Waals surface area contributed by atoms with Gasteiger partial charge in [0.2, 0.25) is 13.6 Å². The molecule has 0 aliphatic heterocycles. The second-order valence-corrected chi connectivity index (χ2v) is 7.38. The highest BCUT2D eigenvalue weighted by atomic mass is 32.2. The molecule has 1 aromatic rings. The van der Waals surface area contributed by atoms with Crippen molar-refractivity contribution in [3.05, 3.63) is 30.3 Å². The standard InChI is InChI=1S/C14H17NO6.C7H12O4S.H2/c1-10(2)13(17)19-9-20-14(18)15-8-12(16)21-11-6-4-3-5-7-11;1-5(2)6(8)10-4-11-7(9)12-3;/h3-7,10H,8-9H2,1-2H3,(H,15,18);5H,4H2,1-3H3;1H. The van der Waals surface area contributed by atoms with Crippen LogP contribution in [0.25, 0.3) is 0 Å². The van der Waals surface area contributed by atoms with Crippen molar-refractivity contribution in [3.8, 4) is 5.75 Å². The summed E-state index contributed by atoms with van der Waals surface area (Å²) in [7, 11) is 0. The predicted molar refractivity (Wildman–Crippen MR) is 120 cm³/mol. The number of carbonyl (C=O) groups is 5. The lowest BCUT2D eigenvalue weighted by Crippen LogP contribution is -2.33. The van der Waals surface area contributed by atoms with Crippen LogP contribution in [0.2, 0.25) is 0 Å². The Morgan fingerprint density at radius 1 is 0.848 bits per heavy atom. The summed E-state index contributed by atoms with van der Waals surface area (Å²) in [5, 5.41) is 1.73. The maximum atomic E-state index is 11.4. The molecule has 0 aliphatic rings. The Hall–Kier alpha value is -3.28. The van der Waals surface area contributed by atoms with Gasteiger partial charge in [-0.05, 0) is 30.2 Å². The minimum Gasteiger partial charge on any atom is -0.428 e. The van der Waals surface area contributed by atoms with Crippen LogP contribution >= 0.6 is 11.8 Å². The molecule has 0 spiro atoms. The molecule has 0 fully saturated rings. The molecule has 0 bridgehead atoms. The molecule has 0 aromatic heterocycles. The summed E-state index contributed by atoms with van der Waals surface area (Å²) in [4.78, 5) is 55.0. The van der Waals surface area contributed by atoms with Gasteiger partial charge in [-0.2, -0.15) is 0 Å². The lowest BCUT2D eigenvalue weighted by atomic mass is 10.2. The average Bonchev–Trinajstić information content (AvgIpc) is 2.78. The van der Waals surface area contributed by atoms with Gasteiger partial charge in [-0.3, -0.25) is 9.59 Å². The SMILES string of the molecule is CC(C)C(=O)OCOC(=O)NCC(=O)Oc1ccccc1.CSC(=O)OCOC(=O)C(C)C.[HH]. The van der Waals surface area contributed by atoms with E-state index in [9.17, 15) is 24.0 Å². The Morgan fingerprint density at radius 2 is 1.36 bits per heavy atom. The van der Waals surface area contributed by atoms with Crippen LogP contribution in [-0.2, 0) is 33.3 Å². The highest BCUT2D eigenvalue weighted by Crippen LogP contribution is 2.08. The summed E-state index contributed by atoms with van der Waals surface area (Å²) in [5.41, 5.74) is 0. The van der Waals surface area contributed by atoms with Gasteiger partial charge >= 0.3 is 29.3 Å². The van der Waals surface area contributed by atoms with Crippen molar-refractivity contribution in [2.45, 2.75) is 27.7 Å². The number of carbonyl (C=O) groups excluding carboxylic acids is 5. The quantitative estimate of drug-likeness (QED) is 0.310. The minimum atomic E-state index is -0.878. The van der Waals surface area contributed by atoms with Crippen LogP contribution in [-0.4, -0.2) is 55.7 Å². The van der Waals surface area contributed by atoms with E-state index in [-0.39, 0.29) is 32.6 Å². The lowest BCUT2D eigenvalue weighted by molar-refractivity contribution is -0.156. The molecule has 0 aliphatic carbocycles. The molecular formula is C21H31NO10S. The normalized spacial score (nSPS) is 9.79. The number of amides is 1. The molecule has 0 unspecified atom stereocenters. The Bertz CT molecular complexity index is 774. The number of hydrogen-bond donors (Lipinski definition) is 1. The molecule has 1 rings (SSSR count). The predicted octanol–water partition coefficient (Wildman–Crippen LogP) is 3.36. The monoisotopic (exact) mass is 489 g/mol. The third-order valence-corrected chi connectivity index (χ3v) is 3.68. The average molecular weight is 490 g/mol. The number of nitrogens with one attached hydrogen (secondary N) is 1. The summed E-state index contributed by atoms with van der Waals surface area (Å²) < 4.78 is 23.2. The molecule has 0 atom stereocenters. The van der Waals surface area contributed by atoms with E-state index in [4.69, 9.17) is 4.74 Å². The van der Waals surface area contributed by atoms with Crippen molar-refractivity contribution in [1.29, 1.82) is 0 Å². The van der Waals surface area contributed by atoms with Gasteiger partial charge in [-0.15, -0.1) is 0 Å². The molecule has 0 saturated heterocycles. The third-order valence-electron chi connectivity index (χ3n) is 3.23. The van der Waals surface area contributed by atoms with Crippen molar-refractivity contribution in [2.24, 2.45) is 11.8 Å². The van der Waals surface area contributed by atoms with E-state index in [1.807, 2.05) is 0 Å². The molecule has 1 aromatic carbocycles. The number of thioether (sulfide) groups is 1. The van der Waals surface area contributed by atoms with E-state index in [0.717, 1.165) is 11.8 Å². The maximum Gasteiger partial charge on any atom is 0.410 e. The van der Waals surface area contributed by atoms with Crippen LogP contribution < -0.4 is 10.1 Å². The zero-order valence-electron chi connectivity index (χ0n) is 19.2. The smallest absolute Gasteiger partial charge is 0.410 e. The second kappa shape index (κ2) is 17.3. The minimum absolute atomic E-state index is 0. The molecule has 186 valence electrons. The van der Waals surface area contributed by atoms with Crippen LogP contribution in [0.4, 0.5) is 9.59 Å². The van der Waals surface area contributed by atoms with E-state index in [1.54, 1.807) is 64.3 Å². The van der Waals surface area contributed by atoms with Gasteiger partial charge in [0.1, 0.15) is 12.3 Å². The van der Waals surface area contributed by atoms with Gasteiger partial charge in [-0.25, -0.2) is 14.4 Å². The first-order chi connectivity index (χ1) is 15.6.